The highest BCUT2D eigenvalue weighted by Gasteiger charge is 2.12. The van der Waals surface area contributed by atoms with Crippen LogP contribution in [0.1, 0.15) is 23.6 Å². The molecule has 1 atom stereocenters. The molecule has 0 heterocycles. The number of hydrogen-bond acceptors (Lipinski definition) is 2. The lowest BCUT2D eigenvalue weighted by Crippen LogP contribution is -2.18. The smallest absolute Gasteiger partial charge is 0.140 e. The van der Waals surface area contributed by atoms with Gasteiger partial charge >= 0.3 is 0 Å². The van der Waals surface area contributed by atoms with Crippen molar-refractivity contribution in [1.82, 2.24) is 0 Å². The van der Waals surface area contributed by atoms with Crippen molar-refractivity contribution in [1.29, 1.82) is 0 Å². The molecule has 3 heteroatoms. The second kappa shape index (κ2) is 4.86. The fourth-order valence-corrected chi connectivity index (χ4v) is 2.08. The van der Waals surface area contributed by atoms with Gasteiger partial charge in [-0.3, -0.25) is 0 Å². The zero-order chi connectivity index (χ0) is 11.6. The van der Waals surface area contributed by atoms with Gasteiger partial charge in [0.1, 0.15) is 5.75 Å². The van der Waals surface area contributed by atoms with E-state index in [0.717, 1.165) is 17.7 Å². The minimum absolute atomic E-state index is 0.146. The standard InChI is InChI=1S/C12H18ClNO/c1-7(14)5-10-6-11(13)12(15-4)9(3)8(10)2/h6-7H,5,14H2,1-4H3. The Morgan fingerprint density at radius 1 is 1.40 bits per heavy atom. The van der Waals surface area contributed by atoms with Crippen LogP contribution in [0.5, 0.6) is 5.75 Å². The third-order valence-corrected chi connectivity index (χ3v) is 2.93. The summed E-state index contributed by atoms with van der Waals surface area (Å²) in [5.41, 5.74) is 9.31. The molecule has 0 saturated carbocycles. The van der Waals surface area contributed by atoms with E-state index in [4.69, 9.17) is 22.1 Å². The Kier molecular flexibility index (Phi) is 4.00. The predicted octanol–water partition coefficient (Wildman–Crippen LogP) is 2.86. The second-order valence-corrected chi connectivity index (χ2v) is 4.39. The molecule has 0 radical (unpaired) electrons. The Bertz CT molecular complexity index is 361. The Morgan fingerprint density at radius 2 is 2.00 bits per heavy atom. The predicted molar refractivity (Wildman–Crippen MR) is 64.8 cm³/mol. The molecule has 2 nitrogen and oxygen atoms in total. The van der Waals surface area contributed by atoms with Gasteiger partial charge in [-0.05, 0) is 49.9 Å². The number of rotatable bonds is 3. The molecule has 1 aromatic rings. The summed E-state index contributed by atoms with van der Waals surface area (Å²) in [4.78, 5) is 0. The van der Waals surface area contributed by atoms with Gasteiger partial charge in [0.15, 0.2) is 0 Å². The zero-order valence-electron chi connectivity index (χ0n) is 9.73. The lowest BCUT2D eigenvalue weighted by Gasteiger charge is -2.15. The SMILES string of the molecule is COc1c(Cl)cc(CC(C)N)c(C)c1C. The molecular weight excluding hydrogens is 210 g/mol. The van der Waals surface area contributed by atoms with Crippen LogP contribution < -0.4 is 10.5 Å². The first-order chi connectivity index (χ1) is 6.97. The molecule has 0 aromatic heterocycles. The quantitative estimate of drug-likeness (QED) is 0.862. The average molecular weight is 228 g/mol. The van der Waals surface area contributed by atoms with Crippen LogP contribution in [0.4, 0.5) is 0 Å². The van der Waals surface area contributed by atoms with E-state index in [0.29, 0.717) is 5.02 Å². The van der Waals surface area contributed by atoms with E-state index in [-0.39, 0.29) is 6.04 Å². The van der Waals surface area contributed by atoms with Crippen LogP contribution in [0.2, 0.25) is 5.02 Å². The summed E-state index contributed by atoms with van der Waals surface area (Å²) >= 11 is 6.12. The number of halogens is 1. The van der Waals surface area contributed by atoms with Crippen LogP contribution >= 0.6 is 11.6 Å². The Balaban J connectivity index is 3.21. The normalized spacial score (nSPS) is 12.7. The van der Waals surface area contributed by atoms with E-state index in [1.807, 2.05) is 19.9 Å². The van der Waals surface area contributed by atoms with Gasteiger partial charge in [-0.15, -0.1) is 0 Å². The topological polar surface area (TPSA) is 35.2 Å². The Hall–Kier alpha value is -0.730. The van der Waals surface area contributed by atoms with Gasteiger partial charge < -0.3 is 10.5 Å². The lowest BCUT2D eigenvalue weighted by atomic mass is 9.97. The van der Waals surface area contributed by atoms with E-state index < -0.39 is 0 Å². The first kappa shape index (κ1) is 12.3. The Morgan fingerprint density at radius 3 is 2.47 bits per heavy atom. The first-order valence-electron chi connectivity index (χ1n) is 5.05. The van der Waals surface area contributed by atoms with E-state index in [2.05, 4.69) is 6.92 Å². The summed E-state index contributed by atoms with van der Waals surface area (Å²) < 4.78 is 5.25. The van der Waals surface area contributed by atoms with Crippen LogP contribution in [0.25, 0.3) is 0 Å². The summed E-state index contributed by atoms with van der Waals surface area (Å²) in [6, 6.07) is 2.10. The molecule has 0 amide bonds. The Labute approximate surface area is 96.4 Å². The summed E-state index contributed by atoms with van der Waals surface area (Å²) in [5, 5.41) is 0.663. The third kappa shape index (κ3) is 2.64. The second-order valence-electron chi connectivity index (χ2n) is 3.98. The molecule has 0 fully saturated rings. The minimum Gasteiger partial charge on any atom is -0.495 e. The fraction of sp³-hybridized carbons (Fsp3) is 0.500. The molecule has 0 saturated heterocycles. The summed E-state index contributed by atoms with van der Waals surface area (Å²) in [6.45, 7) is 6.09. The van der Waals surface area contributed by atoms with Gasteiger partial charge in [0, 0.05) is 6.04 Å². The molecule has 1 rings (SSSR count). The van der Waals surface area contributed by atoms with E-state index in [1.54, 1.807) is 7.11 Å². The molecule has 0 aliphatic rings. The van der Waals surface area contributed by atoms with E-state index >= 15 is 0 Å². The molecule has 15 heavy (non-hydrogen) atoms. The molecule has 0 aliphatic carbocycles. The molecule has 0 spiro atoms. The highest BCUT2D eigenvalue weighted by molar-refractivity contribution is 6.32. The maximum Gasteiger partial charge on any atom is 0.140 e. The molecule has 2 N–H and O–H groups in total. The van der Waals surface area contributed by atoms with E-state index in [1.165, 1.54) is 11.1 Å². The van der Waals surface area contributed by atoms with Crippen molar-refractivity contribution in [3.63, 3.8) is 0 Å². The maximum absolute atomic E-state index is 6.12. The van der Waals surface area contributed by atoms with Crippen LogP contribution in [0.3, 0.4) is 0 Å². The first-order valence-corrected chi connectivity index (χ1v) is 5.43. The van der Waals surface area contributed by atoms with Gasteiger partial charge in [-0.1, -0.05) is 11.6 Å². The van der Waals surface area contributed by atoms with Crippen molar-refractivity contribution in [2.45, 2.75) is 33.2 Å². The van der Waals surface area contributed by atoms with Gasteiger partial charge in [0.05, 0.1) is 12.1 Å². The molecule has 1 aromatic carbocycles. The number of nitrogens with two attached hydrogens (primary N) is 1. The van der Waals surface area contributed by atoms with Gasteiger partial charge in [0.2, 0.25) is 0 Å². The molecule has 1 unspecified atom stereocenters. The maximum atomic E-state index is 6.12. The summed E-state index contributed by atoms with van der Waals surface area (Å²) in [5.74, 6) is 0.766. The summed E-state index contributed by atoms with van der Waals surface area (Å²) in [7, 11) is 1.64. The van der Waals surface area contributed by atoms with Gasteiger partial charge in [-0.2, -0.15) is 0 Å². The van der Waals surface area contributed by atoms with Crippen LogP contribution in [0.15, 0.2) is 6.07 Å². The minimum atomic E-state index is 0.146. The largest absolute Gasteiger partial charge is 0.495 e. The fourth-order valence-electron chi connectivity index (χ4n) is 1.73. The van der Waals surface area contributed by atoms with E-state index in [9.17, 15) is 0 Å². The van der Waals surface area contributed by atoms with Gasteiger partial charge in [-0.25, -0.2) is 0 Å². The van der Waals surface area contributed by atoms with Crippen molar-refractivity contribution in [2.24, 2.45) is 5.73 Å². The number of ether oxygens (including phenoxy) is 1. The zero-order valence-corrected chi connectivity index (χ0v) is 10.5. The number of benzene rings is 1. The van der Waals surface area contributed by atoms with Crippen molar-refractivity contribution in [3.05, 3.63) is 27.8 Å². The third-order valence-electron chi connectivity index (χ3n) is 2.65. The van der Waals surface area contributed by atoms with Crippen molar-refractivity contribution < 1.29 is 4.74 Å². The van der Waals surface area contributed by atoms with Gasteiger partial charge in [0.25, 0.3) is 0 Å². The van der Waals surface area contributed by atoms with Crippen molar-refractivity contribution >= 4 is 11.6 Å². The molecule has 0 bridgehead atoms. The highest BCUT2D eigenvalue weighted by atomic mass is 35.5. The summed E-state index contributed by atoms with van der Waals surface area (Å²) in [6.07, 6.45) is 0.844. The van der Waals surface area contributed by atoms with Crippen molar-refractivity contribution in [2.75, 3.05) is 7.11 Å². The van der Waals surface area contributed by atoms with Crippen molar-refractivity contribution in [3.8, 4) is 5.75 Å². The monoisotopic (exact) mass is 227 g/mol. The van der Waals surface area contributed by atoms with Crippen LogP contribution in [0, 0.1) is 13.8 Å². The van der Waals surface area contributed by atoms with Crippen LogP contribution in [-0.4, -0.2) is 13.2 Å². The molecule has 84 valence electrons. The average Bonchev–Trinajstić information content (AvgIpc) is 2.14. The molecular formula is C12H18ClNO. The van der Waals surface area contributed by atoms with Crippen LogP contribution in [-0.2, 0) is 6.42 Å². The molecule has 0 aliphatic heterocycles. The lowest BCUT2D eigenvalue weighted by molar-refractivity contribution is 0.411. The number of hydrogen-bond donors (Lipinski definition) is 1. The highest BCUT2D eigenvalue weighted by Crippen LogP contribution is 2.33. The number of methoxy groups -OCH3 is 1.